The van der Waals surface area contributed by atoms with Crippen LogP contribution < -0.4 is 10.6 Å². The minimum atomic E-state index is -0.834. The number of carbonyl (C=O) groups is 2. The summed E-state index contributed by atoms with van der Waals surface area (Å²) in [6, 6.07) is 7.58. The van der Waals surface area contributed by atoms with Crippen molar-refractivity contribution in [2.45, 2.75) is 33.2 Å². The Balaban J connectivity index is 2.33. The van der Waals surface area contributed by atoms with Gasteiger partial charge in [-0.25, -0.2) is 4.79 Å². The minimum Gasteiger partial charge on any atom is -0.481 e. The second kappa shape index (κ2) is 8.19. The molecule has 1 aromatic rings. The molecule has 3 N–H and O–H groups in total. The molecular formula is C15H22N2O3. The molecule has 0 radical (unpaired) electrons. The molecule has 1 rings (SSSR count). The molecule has 0 aliphatic rings. The Labute approximate surface area is 119 Å². The fraction of sp³-hybridized carbons (Fsp3) is 0.467. The van der Waals surface area contributed by atoms with Gasteiger partial charge in [-0.05, 0) is 24.0 Å². The molecule has 1 atom stereocenters. The van der Waals surface area contributed by atoms with Gasteiger partial charge in [-0.1, -0.05) is 37.6 Å². The van der Waals surface area contributed by atoms with Crippen LogP contribution in [0.25, 0.3) is 0 Å². The van der Waals surface area contributed by atoms with Crippen molar-refractivity contribution in [3.05, 3.63) is 35.4 Å². The summed E-state index contributed by atoms with van der Waals surface area (Å²) in [5.74, 6) is -0.865. The van der Waals surface area contributed by atoms with Crippen LogP contribution in [0.5, 0.6) is 0 Å². The van der Waals surface area contributed by atoms with Gasteiger partial charge in [0.1, 0.15) is 0 Å². The predicted octanol–water partition coefficient (Wildman–Crippen LogP) is 2.30. The van der Waals surface area contributed by atoms with Crippen LogP contribution in [0.2, 0.25) is 0 Å². The molecule has 1 unspecified atom stereocenters. The van der Waals surface area contributed by atoms with Gasteiger partial charge >= 0.3 is 12.0 Å². The van der Waals surface area contributed by atoms with Crippen molar-refractivity contribution in [1.82, 2.24) is 10.6 Å². The Morgan fingerprint density at radius 2 is 1.95 bits per heavy atom. The number of amides is 2. The number of aryl methyl sites for hydroxylation is 1. The molecule has 0 aliphatic heterocycles. The van der Waals surface area contributed by atoms with Crippen molar-refractivity contribution >= 4 is 12.0 Å². The Hall–Kier alpha value is -2.04. The maximum atomic E-state index is 11.7. The average molecular weight is 278 g/mol. The van der Waals surface area contributed by atoms with Crippen molar-refractivity contribution in [1.29, 1.82) is 0 Å². The molecule has 110 valence electrons. The lowest BCUT2D eigenvalue weighted by molar-refractivity contribution is -0.138. The lowest BCUT2D eigenvalue weighted by Gasteiger charge is -2.14. The fourth-order valence-electron chi connectivity index (χ4n) is 1.89. The molecule has 0 aliphatic carbocycles. The van der Waals surface area contributed by atoms with Crippen LogP contribution >= 0.6 is 0 Å². The standard InChI is InChI=1S/C15H22N2O3/c1-3-12(8-14(18)19)9-16-15(20)17-10-13-7-5-4-6-11(13)2/h4-7,12H,3,8-10H2,1-2H3,(H,18,19)(H2,16,17,20). The minimum absolute atomic E-state index is 0.0308. The summed E-state index contributed by atoms with van der Waals surface area (Å²) in [5.41, 5.74) is 2.20. The summed E-state index contributed by atoms with van der Waals surface area (Å²) in [4.78, 5) is 22.3. The number of rotatable bonds is 7. The zero-order valence-corrected chi connectivity index (χ0v) is 12.0. The van der Waals surface area contributed by atoms with Crippen LogP contribution in [0.15, 0.2) is 24.3 Å². The number of carbonyl (C=O) groups excluding carboxylic acids is 1. The fourth-order valence-corrected chi connectivity index (χ4v) is 1.89. The van der Waals surface area contributed by atoms with Gasteiger partial charge in [0.15, 0.2) is 0 Å². The SMILES string of the molecule is CCC(CNC(=O)NCc1ccccc1C)CC(=O)O. The predicted molar refractivity (Wildman–Crippen MR) is 77.5 cm³/mol. The Kier molecular flexibility index (Phi) is 6.56. The molecule has 0 fully saturated rings. The highest BCUT2D eigenvalue weighted by molar-refractivity contribution is 5.74. The third kappa shape index (κ3) is 5.73. The molecule has 5 heteroatoms. The summed E-state index contributed by atoms with van der Waals surface area (Å²) in [6.07, 6.45) is 0.805. The zero-order valence-electron chi connectivity index (χ0n) is 12.0. The normalized spacial score (nSPS) is 11.7. The molecule has 0 bridgehead atoms. The molecule has 0 saturated heterocycles. The van der Waals surface area contributed by atoms with Gasteiger partial charge < -0.3 is 15.7 Å². The first-order chi connectivity index (χ1) is 9.52. The second-order valence-electron chi connectivity index (χ2n) is 4.86. The van der Waals surface area contributed by atoms with E-state index in [2.05, 4.69) is 10.6 Å². The van der Waals surface area contributed by atoms with E-state index in [0.29, 0.717) is 13.1 Å². The van der Waals surface area contributed by atoms with E-state index in [1.165, 1.54) is 0 Å². The zero-order chi connectivity index (χ0) is 15.0. The Morgan fingerprint density at radius 1 is 1.25 bits per heavy atom. The number of carboxylic acids is 1. The van der Waals surface area contributed by atoms with Gasteiger partial charge in [-0.2, -0.15) is 0 Å². The largest absolute Gasteiger partial charge is 0.481 e. The van der Waals surface area contributed by atoms with Crippen molar-refractivity contribution in [3.8, 4) is 0 Å². The van der Waals surface area contributed by atoms with E-state index >= 15 is 0 Å². The van der Waals surface area contributed by atoms with Crippen LogP contribution in [0.4, 0.5) is 4.79 Å². The molecular weight excluding hydrogens is 256 g/mol. The molecule has 2 amide bonds. The van der Waals surface area contributed by atoms with Gasteiger partial charge in [0.2, 0.25) is 0 Å². The number of nitrogens with one attached hydrogen (secondary N) is 2. The quantitative estimate of drug-likeness (QED) is 0.716. The highest BCUT2D eigenvalue weighted by Crippen LogP contribution is 2.07. The highest BCUT2D eigenvalue weighted by atomic mass is 16.4. The van der Waals surface area contributed by atoms with Crippen molar-refractivity contribution in [2.75, 3.05) is 6.54 Å². The number of carboxylic acid groups (broad SMARTS) is 1. The molecule has 0 saturated carbocycles. The molecule has 0 spiro atoms. The summed E-state index contributed by atoms with van der Waals surface area (Å²) in [5, 5.41) is 14.2. The summed E-state index contributed by atoms with van der Waals surface area (Å²) in [6.45, 7) is 4.76. The maximum Gasteiger partial charge on any atom is 0.315 e. The molecule has 20 heavy (non-hydrogen) atoms. The first-order valence-corrected chi connectivity index (χ1v) is 6.81. The van der Waals surface area contributed by atoms with Gasteiger partial charge in [0.05, 0.1) is 0 Å². The smallest absolute Gasteiger partial charge is 0.315 e. The van der Waals surface area contributed by atoms with E-state index in [-0.39, 0.29) is 18.4 Å². The van der Waals surface area contributed by atoms with Crippen LogP contribution in [-0.2, 0) is 11.3 Å². The second-order valence-corrected chi connectivity index (χ2v) is 4.86. The number of aliphatic carboxylic acids is 1. The van der Waals surface area contributed by atoms with Crippen molar-refractivity contribution < 1.29 is 14.7 Å². The summed E-state index contributed by atoms with van der Waals surface area (Å²) < 4.78 is 0. The third-order valence-corrected chi connectivity index (χ3v) is 3.29. The summed E-state index contributed by atoms with van der Waals surface area (Å²) >= 11 is 0. The van der Waals surface area contributed by atoms with E-state index in [9.17, 15) is 9.59 Å². The van der Waals surface area contributed by atoms with Gasteiger partial charge in [-0.15, -0.1) is 0 Å². The van der Waals surface area contributed by atoms with Gasteiger partial charge in [0, 0.05) is 19.5 Å². The number of hydrogen-bond donors (Lipinski definition) is 3. The van der Waals surface area contributed by atoms with Crippen LogP contribution in [0, 0.1) is 12.8 Å². The van der Waals surface area contributed by atoms with E-state index in [1.807, 2.05) is 38.1 Å². The Bertz CT molecular complexity index is 460. The lowest BCUT2D eigenvalue weighted by atomic mass is 10.0. The van der Waals surface area contributed by atoms with E-state index in [4.69, 9.17) is 5.11 Å². The number of urea groups is 1. The topological polar surface area (TPSA) is 78.4 Å². The first-order valence-electron chi connectivity index (χ1n) is 6.81. The monoisotopic (exact) mass is 278 g/mol. The highest BCUT2D eigenvalue weighted by Gasteiger charge is 2.12. The van der Waals surface area contributed by atoms with Gasteiger partial charge in [0.25, 0.3) is 0 Å². The van der Waals surface area contributed by atoms with Crippen LogP contribution in [0.1, 0.15) is 30.9 Å². The van der Waals surface area contributed by atoms with E-state index < -0.39 is 5.97 Å². The van der Waals surface area contributed by atoms with Crippen LogP contribution in [-0.4, -0.2) is 23.7 Å². The molecule has 1 aromatic carbocycles. The molecule has 0 heterocycles. The number of benzene rings is 1. The Morgan fingerprint density at radius 3 is 2.55 bits per heavy atom. The average Bonchev–Trinajstić information content (AvgIpc) is 2.42. The van der Waals surface area contributed by atoms with Gasteiger partial charge in [-0.3, -0.25) is 4.79 Å². The molecule has 0 aromatic heterocycles. The lowest BCUT2D eigenvalue weighted by Crippen LogP contribution is -2.38. The van der Waals surface area contributed by atoms with Crippen molar-refractivity contribution in [2.24, 2.45) is 5.92 Å². The number of hydrogen-bond acceptors (Lipinski definition) is 2. The van der Waals surface area contributed by atoms with Crippen molar-refractivity contribution in [3.63, 3.8) is 0 Å². The van der Waals surface area contributed by atoms with E-state index in [1.54, 1.807) is 0 Å². The molecule has 5 nitrogen and oxygen atoms in total. The third-order valence-electron chi connectivity index (χ3n) is 3.29. The maximum absolute atomic E-state index is 11.7. The first kappa shape index (κ1) is 16.0. The van der Waals surface area contributed by atoms with Crippen LogP contribution in [0.3, 0.4) is 0 Å². The summed E-state index contributed by atoms with van der Waals surface area (Å²) in [7, 11) is 0. The van der Waals surface area contributed by atoms with E-state index in [0.717, 1.165) is 17.5 Å².